The van der Waals surface area contributed by atoms with Crippen LogP contribution in [-0.2, 0) is 13.1 Å². The Morgan fingerprint density at radius 1 is 1.45 bits per heavy atom. The number of nitriles is 1. The van der Waals surface area contributed by atoms with Crippen LogP contribution in [0, 0.1) is 16.7 Å². The first-order valence-corrected chi connectivity index (χ1v) is 6.67. The fraction of sp³-hybridized carbons (Fsp3) is 0.467. The lowest BCUT2D eigenvalue weighted by Gasteiger charge is -2.31. The van der Waals surface area contributed by atoms with Gasteiger partial charge in [-0.1, -0.05) is 20.8 Å². The number of furan rings is 1. The normalized spacial score (nSPS) is 13.1. The van der Waals surface area contributed by atoms with Crippen molar-refractivity contribution in [3.8, 4) is 6.07 Å². The van der Waals surface area contributed by atoms with Gasteiger partial charge in [0.05, 0.1) is 12.9 Å². The summed E-state index contributed by atoms with van der Waals surface area (Å²) in [5.41, 5.74) is 0.106. The molecule has 106 valence electrons. The molecule has 2 heterocycles. The Morgan fingerprint density at radius 3 is 2.80 bits per heavy atom. The van der Waals surface area contributed by atoms with Crippen LogP contribution in [0.3, 0.4) is 0 Å². The number of imidazole rings is 1. The van der Waals surface area contributed by atoms with Crippen LogP contribution in [0.4, 0.5) is 0 Å². The molecule has 0 saturated heterocycles. The van der Waals surface area contributed by atoms with Gasteiger partial charge in [-0.2, -0.15) is 5.26 Å². The summed E-state index contributed by atoms with van der Waals surface area (Å²) in [6.45, 7) is 8.05. The van der Waals surface area contributed by atoms with Gasteiger partial charge >= 0.3 is 0 Å². The highest BCUT2D eigenvalue weighted by molar-refractivity contribution is 5.19. The molecular weight excluding hydrogens is 252 g/mol. The summed E-state index contributed by atoms with van der Waals surface area (Å²) in [6, 6.07) is 5.79. The van der Waals surface area contributed by atoms with Gasteiger partial charge in [-0.05, 0) is 17.5 Å². The van der Waals surface area contributed by atoms with E-state index in [1.807, 2.05) is 24.7 Å². The first kappa shape index (κ1) is 14.4. The van der Waals surface area contributed by atoms with E-state index in [0.29, 0.717) is 12.3 Å². The van der Waals surface area contributed by atoms with Gasteiger partial charge in [0.25, 0.3) is 0 Å². The fourth-order valence-corrected chi connectivity index (χ4v) is 2.01. The maximum absolute atomic E-state index is 8.75. The minimum atomic E-state index is 0.106. The molecular formula is C15H20N4O. The largest absolute Gasteiger partial charge is 0.449 e. The zero-order valence-electron chi connectivity index (χ0n) is 12.1. The number of hydrogen-bond acceptors (Lipinski definition) is 4. The molecule has 0 aliphatic carbocycles. The average molecular weight is 272 g/mol. The van der Waals surface area contributed by atoms with Crippen LogP contribution in [0.25, 0.3) is 0 Å². The maximum Gasteiger partial charge on any atom is 0.203 e. The number of rotatable bonds is 5. The molecule has 1 N–H and O–H groups in total. The quantitative estimate of drug-likeness (QED) is 0.908. The van der Waals surface area contributed by atoms with Gasteiger partial charge < -0.3 is 14.3 Å². The molecule has 5 nitrogen and oxygen atoms in total. The van der Waals surface area contributed by atoms with E-state index in [0.717, 1.165) is 12.3 Å². The Hall–Kier alpha value is -2.06. The highest BCUT2D eigenvalue weighted by Gasteiger charge is 2.24. The second-order valence-corrected chi connectivity index (χ2v) is 5.94. The summed E-state index contributed by atoms with van der Waals surface area (Å²) < 4.78 is 7.45. The Bertz CT molecular complexity index is 572. The molecule has 2 aromatic heterocycles. The number of nitrogens with one attached hydrogen (secondary N) is 1. The topological polar surface area (TPSA) is 66.8 Å². The van der Waals surface area contributed by atoms with Crippen LogP contribution in [0.2, 0.25) is 0 Å². The summed E-state index contributed by atoms with van der Waals surface area (Å²) in [5, 5.41) is 12.3. The van der Waals surface area contributed by atoms with Gasteiger partial charge in [0, 0.05) is 25.0 Å². The molecule has 20 heavy (non-hydrogen) atoms. The summed E-state index contributed by atoms with van der Waals surface area (Å²) in [5.74, 6) is 1.13. The summed E-state index contributed by atoms with van der Waals surface area (Å²) in [6.07, 6.45) is 5.56. The number of hydrogen-bond donors (Lipinski definition) is 1. The first-order chi connectivity index (χ1) is 9.49. The molecule has 0 saturated carbocycles. The molecule has 1 atom stereocenters. The van der Waals surface area contributed by atoms with Crippen LogP contribution < -0.4 is 5.32 Å². The molecule has 1 unspecified atom stereocenters. The van der Waals surface area contributed by atoms with E-state index in [9.17, 15) is 0 Å². The van der Waals surface area contributed by atoms with E-state index < -0.39 is 0 Å². The Balaban J connectivity index is 1.99. The van der Waals surface area contributed by atoms with Crippen LogP contribution >= 0.6 is 0 Å². The van der Waals surface area contributed by atoms with Gasteiger partial charge in [-0.15, -0.1) is 0 Å². The van der Waals surface area contributed by atoms with E-state index in [-0.39, 0.29) is 11.5 Å². The standard InChI is InChI=1S/C15H20N4O/c1-15(2,3)14(10-19-7-6-17-11-19)18-9-13-5-4-12(8-16)20-13/h4-7,11,14,18H,9-10H2,1-3H3. The number of aromatic nitrogens is 2. The second kappa shape index (κ2) is 5.93. The van der Waals surface area contributed by atoms with Gasteiger partial charge in [-0.3, -0.25) is 0 Å². The molecule has 0 bridgehead atoms. The van der Waals surface area contributed by atoms with Crippen molar-refractivity contribution >= 4 is 0 Å². The smallest absolute Gasteiger partial charge is 0.203 e. The molecule has 0 aliphatic heterocycles. The molecule has 2 aromatic rings. The second-order valence-electron chi connectivity index (χ2n) is 5.94. The molecule has 0 radical (unpaired) electrons. The predicted octanol–water partition coefficient (Wildman–Crippen LogP) is 2.55. The lowest BCUT2D eigenvalue weighted by atomic mass is 9.86. The van der Waals surface area contributed by atoms with Crippen LogP contribution in [0.5, 0.6) is 0 Å². The summed E-state index contributed by atoms with van der Waals surface area (Å²) in [7, 11) is 0. The molecule has 0 amide bonds. The minimum absolute atomic E-state index is 0.106. The van der Waals surface area contributed by atoms with Gasteiger partial charge in [0.1, 0.15) is 11.8 Å². The predicted molar refractivity (Wildman–Crippen MR) is 75.7 cm³/mol. The van der Waals surface area contributed by atoms with Gasteiger partial charge in [0.2, 0.25) is 5.76 Å². The Morgan fingerprint density at radius 2 is 2.25 bits per heavy atom. The maximum atomic E-state index is 8.75. The highest BCUT2D eigenvalue weighted by atomic mass is 16.3. The molecule has 2 rings (SSSR count). The molecule has 0 fully saturated rings. The lowest BCUT2D eigenvalue weighted by Crippen LogP contribution is -2.42. The van der Waals surface area contributed by atoms with Crippen molar-refractivity contribution in [1.82, 2.24) is 14.9 Å². The Kier molecular flexibility index (Phi) is 4.26. The van der Waals surface area contributed by atoms with Crippen molar-refractivity contribution in [2.24, 2.45) is 5.41 Å². The van der Waals surface area contributed by atoms with E-state index in [1.54, 1.807) is 12.3 Å². The average Bonchev–Trinajstić information content (AvgIpc) is 3.04. The van der Waals surface area contributed by atoms with Gasteiger partial charge in [-0.25, -0.2) is 4.98 Å². The summed E-state index contributed by atoms with van der Waals surface area (Å²) in [4.78, 5) is 4.07. The minimum Gasteiger partial charge on any atom is -0.449 e. The van der Waals surface area contributed by atoms with Crippen molar-refractivity contribution in [1.29, 1.82) is 5.26 Å². The third-order valence-corrected chi connectivity index (χ3v) is 3.29. The van der Waals surface area contributed by atoms with Crippen molar-refractivity contribution < 1.29 is 4.42 Å². The molecule has 5 heteroatoms. The first-order valence-electron chi connectivity index (χ1n) is 6.67. The SMILES string of the molecule is CC(C)(C)C(Cn1ccnc1)NCc1ccc(C#N)o1. The lowest BCUT2D eigenvalue weighted by molar-refractivity contribution is 0.235. The van der Waals surface area contributed by atoms with Gasteiger partial charge in [0.15, 0.2) is 0 Å². The monoisotopic (exact) mass is 272 g/mol. The fourth-order valence-electron chi connectivity index (χ4n) is 2.01. The van der Waals surface area contributed by atoms with Crippen molar-refractivity contribution in [3.63, 3.8) is 0 Å². The van der Waals surface area contributed by atoms with E-state index >= 15 is 0 Å². The zero-order chi connectivity index (χ0) is 14.6. The van der Waals surface area contributed by atoms with Crippen molar-refractivity contribution in [2.75, 3.05) is 0 Å². The zero-order valence-corrected chi connectivity index (χ0v) is 12.1. The van der Waals surface area contributed by atoms with E-state index in [1.165, 1.54) is 0 Å². The van der Waals surface area contributed by atoms with E-state index in [4.69, 9.17) is 9.68 Å². The molecule has 0 spiro atoms. The van der Waals surface area contributed by atoms with Crippen LogP contribution in [0.1, 0.15) is 32.3 Å². The number of nitrogens with zero attached hydrogens (tertiary/aromatic N) is 3. The highest BCUT2D eigenvalue weighted by Crippen LogP contribution is 2.21. The third kappa shape index (κ3) is 3.72. The van der Waals surface area contributed by atoms with Crippen molar-refractivity contribution in [2.45, 2.75) is 39.9 Å². The van der Waals surface area contributed by atoms with Crippen LogP contribution in [-0.4, -0.2) is 15.6 Å². The molecule has 0 aliphatic rings. The third-order valence-electron chi connectivity index (χ3n) is 3.29. The van der Waals surface area contributed by atoms with E-state index in [2.05, 4.69) is 35.6 Å². The Labute approximate surface area is 119 Å². The summed E-state index contributed by atoms with van der Waals surface area (Å²) >= 11 is 0. The molecule has 0 aromatic carbocycles. The van der Waals surface area contributed by atoms with Crippen LogP contribution in [0.15, 0.2) is 35.3 Å². The van der Waals surface area contributed by atoms with Crippen molar-refractivity contribution in [3.05, 3.63) is 42.4 Å².